The molecule has 108 valence electrons. The van der Waals surface area contributed by atoms with Crippen LogP contribution in [0.1, 0.15) is 10.4 Å². The van der Waals surface area contributed by atoms with Crippen LogP contribution in [0.3, 0.4) is 0 Å². The fourth-order valence-electron chi connectivity index (χ4n) is 1.64. The number of hydrogen-bond donors (Lipinski definition) is 1. The molecular weight excluding hydrogens is 311 g/mol. The number of anilines is 1. The van der Waals surface area contributed by atoms with Crippen molar-refractivity contribution in [3.63, 3.8) is 0 Å². The number of benzene rings is 2. The van der Waals surface area contributed by atoms with Gasteiger partial charge in [0.05, 0.1) is 0 Å². The number of rotatable bonds is 2. The van der Waals surface area contributed by atoms with Crippen LogP contribution in [0.25, 0.3) is 0 Å². The molecule has 0 saturated carbocycles. The quantitative estimate of drug-likeness (QED) is 0.909. The second-order valence-electron chi connectivity index (χ2n) is 4.30. The van der Waals surface area contributed by atoms with Crippen LogP contribution in [0, 0.1) is 0 Å². The summed E-state index contributed by atoms with van der Waals surface area (Å²) < 4.78 is 0. The minimum absolute atomic E-state index is 0.359. The highest BCUT2D eigenvalue weighted by molar-refractivity contribution is 6.31. The highest BCUT2D eigenvalue weighted by Crippen LogP contribution is 2.17. The number of urea groups is 1. The van der Waals surface area contributed by atoms with Crippen LogP contribution in [0.2, 0.25) is 10.0 Å². The van der Waals surface area contributed by atoms with Crippen molar-refractivity contribution in [3.05, 3.63) is 64.1 Å². The molecular formula is C15H12Cl2N2O2. The molecule has 0 aliphatic carbocycles. The zero-order valence-electron chi connectivity index (χ0n) is 11.1. The molecule has 0 spiro atoms. The van der Waals surface area contributed by atoms with Crippen molar-refractivity contribution in [2.75, 3.05) is 11.9 Å². The van der Waals surface area contributed by atoms with Crippen LogP contribution in [0.15, 0.2) is 48.5 Å². The Morgan fingerprint density at radius 1 is 0.905 bits per heavy atom. The highest BCUT2D eigenvalue weighted by atomic mass is 35.5. The van der Waals surface area contributed by atoms with Gasteiger partial charge in [0.1, 0.15) is 0 Å². The molecule has 1 N–H and O–H groups in total. The molecule has 2 rings (SSSR count). The second kappa shape index (κ2) is 6.61. The summed E-state index contributed by atoms with van der Waals surface area (Å²) >= 11 is 11.5. The average molecular weight is 323 g/mol. The zero-order valence-corrected chi connectivity index (χ0v) is 12.7. The molecule has 0 radical (unpaired) electrons. The maximum Gasteiger partial charge on any atom is 0.328 e. The minimum atomic E-state index is -0.530. The van der Waals surface area contributed by atoms with Gasteiger partial charge in [0.25, 0.3) is 5.91 Å². The SMILES string of the molecule is CN(C(=O)NC(=O)c1ccc(Cl)cc1)c1ccc(Cl)cc1. The van der Waals surface area contributed by atoms with E-state index in [1.807, 2.05) is 0 Å². The Balaban J connectivity index is 2.05. The van der Waals surface area contributed by atoms with E-state index in [0.717, 1.165) is 0 Å². The van der Waals surface area contributed by atoms with E-state index < -0.39 is 11.9 Å². The number of carbonyl (C=O) groups excluding carboxylic acids is 2. The Bertz CT molecular complexity index is 654. The van der Waals surface area contributed by atoms with E-state index in [0.29, 0.717) is 21.3 Å². The topological polar surface area (TPSA) is 49.4 Å². The lowest BCUT2D eigenvalue weighted by Gasteiger charge is -2.17. The molecule has 0 bridgehead atoms. The Labute approximate surface area is 132 Å². The molecule has 0 aliphatic rings. The van der Waals surface area contributed by atoms with E-state index in [2.05, 4.69) is 5.32 Å². The van der Waals surface area contributed by atoms with Crippen LogP contribution in [0.5, 0.6) is 0 Å². The molecule has 0 unspecified atom stereocenters. The van der Waals surface area contributed by atoms with Crippen molar-refractivity contribution in [1.29, 1.82) is 0 Å². The number of halogens is 2. The van der Waals surface area contributed by atoms with Crippen molar-refractivity contribution >= 4 is 40.8 Å². The van der Waals surface area contributed by atoms with Crippen molar-refractivity contribution in [3.8, 4) is 0 Å². The van der Waals surface area contributed by atoms with Crippen molar-refractivity contribution < 1.29 is 9.59 Å². The lowest BCUT2D eigenvalue weighted by atomic mass is 10.2. The van der Waals surface area contributed by atoms with Gasteiger partial charge >= 0.3 is 6.03 Å². The first kappa shape index (κ1) is 15.4. The van der Waals surface area contributed by atoms with Crippen molar-refractivity contribution in [2.45, 2.75) is 0 Å². The molecule has 0 fully saturated rings. The van der Waals surface area contributed by atoms with Crippen LogP contribution in [-0.2, 0) is 0 Å². The van der Waals surface area contributed by atoms with Crippen molar-refractivity contribution in [1.82, 2.24) is 5.32 Å². The molecule has 4 nitrogen and oxygen atoms in total. The number of hydrogen-bond acceptors (Lipinski definition) is 2. The minimum Gasteiger partial charge on any atom is -0.297 e. The van der Waals surface area contributed by atoms with E-state index in [1.165, 1.54) is 4.90 Å². The van der Waals surface area contributed by atoms with Crippen LogP contribution in [-0.4, -0.2) is 19.0 Å². The molecule has 0 heterocycles. The Morgan fingerprint density at radius 3 is 1.90 bits per heavy atom. The molecule has 2 aromatic carbocycles. The lowest BCUT2D eigenvalue weighted by molar-refractivity contribution is 0.0966. The standard InChI is InChI=1S/C15H12Cl2N2O2/c1-19(13-8-6-12(17)7-9-13)15(21)18-14(20)10-2-4-11(16)5-3-10/h2-9H,1H3,(H,18,20,21). The van der Waals surface area contributed by atoms with Gasteiger partial charge in [-0.3, -0.25) is 15.0 Å². The predicted molar refractivity (Wildman–Crippen MR) is 84.2 cm³/mol. The molecule has 0 aromatic heterocycles. The predicted octanol–water partition coefficient (Wildman–Crippen LogP) is 3.98. The zero-order chi connectivity index (χ0) is 15.4. The largest absolute Gasteiger partial charge is 0.328 e. The Hall–Kier alpha value is -2.04. The Kier molecular flexibility index (Phi) is 4.83. The van der Waals surface area contributed by atoms with Crippen molar-refractivity contribution in [2.24, 2.45) is 0 Å². The first-order valence-electron chi connectivity index (χ1n) is 6.07. The van der Waals surface area contributed by atoms with Gasteiger partial charge in [0.15, 0.2) is 0 Å². The third-order valence-corrected chi connectivity index (χ3v) is 3.35. The molecule has 0 saturated heterocycles. The fourth-order valence-corrected chi connectivity index (χ4v) is 1.89. The molecule has 3 amide bonds. The van der Waals surface area contributed by atoms with E-state index in [1.54, 1.807) is 55.6 Å². The van der Waals surface area contributed by atoms with Gasteiger partial charge in [-0.2, -0.15) is 0 Å². The van der Waals surface area contributed by atoms with Gasteiger partial charge in [-0.25, -0.2) is 4.79 Å². The lowest BCUT2D eigenvalue weighted by Crippen LogP contribution is -2.40. The first-order chi connectivity index (χ1) is 9.97. The van der Waals surface area contributed by atoms with Gasteiger partial charge in [-0.15, -0.1) is 0 Å². The highest BCUT2D eigenvalue weighted by Gasteiger charge is 2.15. The molecule has 2 aromatic rings. The molecule has 21 heavy (non-hydrogen) atoms. The van der Waals surface area contributed by atoms with Gasteiger partial charge in [-0.05, 0) is 48.5 Å². The van der Waals surface area contributed by atoms with E-state index in [9.17, 15) is 9.59 Å². The van der Waals surface area contributed by atoms with Crippen LogP contribution in [0.4, 0.5) is 10.5 Å². The average Bonchev–Trinajstić information content (AvgIpc) is 2.47. The van der Waals surface area contributed by atoms with E-state index in [4.69, 9.17) is 23.2 Å². The summed E-state index contributed by atoms with van der Waals surface area (Å²) in [5.41, 5.74) is 0.984. The number of nitrogens with one attached hydrogen (secondary N) is 1. The number of nitrogens with zero attached hydrogens (tertiary/aromatic N) is 1. The smallest absolute Gasteiger partial charge is 0.297 e. The monoisotopic (exact) mass is 322 g/mol. The number of amides is 3. The summed E-state index contributed by atoms with van der Waals surface area (Å²) in [7, 11) is 1.56. The molecule has 6 heteroatoms. The van der Waals surface area contributed by atoms with Gasteiger partial charge in [0, 0.05) is 28.3 Å². The summed E-state index contributed by atoms with van der Waals surface area (Å²) in [6.07, 6.45) is 0. The maximum absolute atomic E-state index is 12.0. The number of imide groups is 1. The van der Waals surface area contributed by atoms with Gasteiger partial charge in [0.2, 0.25) is 0 Å². The third-order valence-electron chi connectivity index (χ3n) is 2.85. The first-order valence-corrected chi connectivity index (χ1v) is 6.83. The summed E-state index contributed by atoms with van der Waals surface area (Å²) in [6, 6.07) is 12.5. The molecule has 0 atom stereocenters. The summed E-state index contributed by atoms with van der Waals surface area (Å²) in [5.74, 6) is -0.488. The van der Waals surface area contributed by atoms with Gasteiger partial charge in [-0.1, -0.05) is 23.2 Å². The summed E-state index contributed by atoms with van der Waals surface area (Å²) in [5, 5.41) is 3.40. The fraction of sp³-hybridized carbons (Fsp3) is 0.0667. The maximum atomic E-state index is 12.0. The normalized spacial score (nSPS) is 10.0. The van der Waals surface area contributed by atoms with Crippen LogP contribution >= 0.6 is 23.2 Å². The van der Waals surface area contributed by atoms with Gasteiger partial charge < -0.3 is 0 Å². The number of carbonyl (C=O) groups is 2. The molecule has 0 aliphatic heterocycles. The summed E-state index contributed by atoms with van der Waals surface area (Å²) in [4.78, 5) is 25.3. The summed E-state index contributed by atoms with van der Waals surface area (Å²) in [6.45, 7) is 0. The van der Waals surface area contributed by atoms with E-state index in [-0.39, 0.29) is 0 Å². The van der Waals surface area contributed by atoms with Crippen LogP contribution < -0.4 is 10.2 Å². The second-order valence-corrected chi connectivity index (χ2v) is 5.17. The van der Waals surface area contributed by atoms with E-state index >= 15 is 0 Å². The Morgan fingerprint density at radius 2 is 1.38 bits per heavy atom. The third kappa shape index (κ3) is 3.97.